The molecule has 5 rings (SSSR count). The molecule has 40 heavy (non-hydrogen) atoms. The lowest BCUT2D eigenvalue weighted by Crippen LogP contribution is -2.20. The zero-order valence-corrected chi connectivity index (χ0v) is 22.9. The number of benzene rings is 3. The maximum absolute atomic E-state index is 13.8. The minimum absolute atomic E-state index is 0.101. The standard InChI is InChI=1S/C30H25F3N2O4S/c1-18-5-11-25(12-6-18)40(37,38)35-17-26(28-27(35)15-20(3)29(36)34(28)4)21-13-19(2)14-24(16-21)39-23-9-7-22(8-10-23)30(31,32)33/h5-17H,1-4H3. The van der Waals surface area contributed by atoms with E-state index in [4.69, 9.17) is 4.74 Å². The number of alkyl halides is 3. The third-order valence-corrected chi connectivity index (χ3v) is 8.36. The number of aromatic nitrogens is 2. The summed E-state index contributed by atoms with van der Waals surface area (Å²) in [5.74, 6) is 0.547. The van der Waals surface area contributed by atoms with Gasteiger partial charge in [-0.25, -0.2) is 12.4 Å². The number of pyridine rings is 1. The number of ether oxygens (including phenoxy) is 1. The van der Waals surface area contributed by atoms with Crippen LogP contribution in [0.5, 0.6) is 11.5 Å². The molecule has 3 aromatic carbocycles. The fourth-order valence-electron chi connectivity index (χ4n) is 4.65. The Kier molecular flexibility index (Phi) is 6.62. The zero-order valence-electron chi connectivity index (χ0n) is 22.1. The van der Waals surface area contributed by atoms with Gasteiger partial charge in [0.2, 0.25) is 0 Å². The van der Waals surface area contributed by atoms with Gasteiger partial charge < -0.3 is 9.30 Å². The van der Waals surface area contributed by atoms with Crippen LogP contribution in [0.4, 0.5) is 13.2 Å². The van der Waals surface area contributed by atoms with Crippen LogP contribution in [-0.4, -0.2) is 17.0 Å². The van der Waals surface area contributed by atoms with Gasteiger partial charge in [-0.1, -0.05) is 23.8 Å². The summed E-state index contributed by atoms with van der Waals surface area (Å²) < 4.78 is 74.8. The molecule has 2 aromatic heterocycles. The fourth-order valence-corrected chi connectivity index (χ4v) is 6.00. The van der Waals surface area contributed by atoms with Gasteiger partial charge in [0.25, 0.3) is 15.6 Å². The molecule has 0 atom stereocenters. The Hall–Kier alpha value is -4.31. The van der Waals surface area contributed by atoms with E-state index in [9.17, 15) is 26.4 Å². The molecule has 6 nitrogen and oxygen atoms in total. The summed E-state index contributed by atoms with van der Waals surface area (Å²) in [6, 6.07) is 17.6. The molecule has 10 heteroatoms. The monoisotopic (exact) mass is 566 g/mol. The number of hydrogen-bond acceptors (Lipinski definition) is 4. The van der Waals surface area contributed by atoms with E-state index in [0.717, 1.165) is 23.3 Å². The number of aryl methyl sites for hydroxylation is 4. The molecule has 2 heterocycles. The van der Waals surface area contributed by atoms with E-state index in [1.807, 2.05) is 19.9 Å². The first-order valence-electron chi connectivity index (χ1n) is 12.3. The lowest BCUT2D eigenvalue weighted by molar-refractivity contribution is -0.137. The molecule has 206 valence electrons. The number of hydrogen-bond donors (Lipinski definition) is 0. The van der Waals surface area contributed by atoms with Crippen LogP contribution in [0.2, 0.25) is 0 Å². The minimum Gasteiger partial charge on any atom is -0.457 e. The largest absolute Gasteiger partial charge is 0.457 e. The Morgan fingerprint density at radius 2 is 1.45 bits per heavy atom. The molecule has 0 radical (unpaired) electrons. The third kappa shape index (κ3) is 4.90. The number of fused-ring (bicyclic) bond motifs is 1. The molecule has 0 spiro atoms. The van der Waals surface area contributed by atoms with Crippen molar-refractivity contribution in [3.05, 3.63) is 112 Å². The summed E-state index contributed by atoms with van der Waals surface area (Å²) in [4.78, 5) is 13.0. The van der Waals surface area contributed by atoms with Crippen molar-refractivity contribution in [2.45, 2.75) is 31.8 Å². The predicted molar refractivity (Wildman–Crippen MR) is 147 cm³/mol. The number of nitrogens with zero attached hydrogens (tertiary/aromatic N) is 2. The van der Waals surface area contributed by atoms with Crippen molar-refractivity contribution in [1.29, 1.82) is 0 Å². The second kappa shape index (κ2) is 9.71. The van der Waals surface area contributed by atoms with Gasteiger partial charge in [-0.05, 0) is 86.5 Å². The van der Waals surface area contributed by atoms with Gasteiger partial charge >= 0.3 is 6.18 Å². The highest BCUT2D eigenvalue weighted by atomic mass is 32.2. The highest BCUT2D eigenvalue weighted by Gasteiger charge is 2.30. The van der Waals surface area contributed by atoms with Gasteiger partial charge in [0.1, 0.15) is 11.5 Å². The molecular weight excluding hydrogens is 541 g/mol. The van der Waals surface area contributed by atoms with Gasteiger partial charge in [0.05, 0.1) is 21.5 Å². The maximum atomic E-state index is 13.8. The number of rotatable bonds is 5. The minimum atomic E-state index is -4.46. The van der Waals surface area contributed by atoms with Crippen LogP contribution in [0.1, 0.15) is 22.3 Å². The van der Waals surface area contributed by atoms with Crippen molar-refractivity contribution < 1.29 is 26.3 Å². The highest BCUT2D eigenvalue weighted by molar-refractivity contribution is 7.90. The van der Waals surface area contributed by atoms with Gasteiger partial charge in [0.15, 0.2) is 0 Å². The third-order valence-electron chi connectivity index (χ3n) is 6.67. The smallest absolute Gasteiger partial charge is 0.416 e. The second-order valence-electron chi connectivity index (χ2n) is 9.74. The van der Waals surface area contributed by atoms with E-state index in [0.29, 0.717) is 33.5 Å². The van der Waals surface area contributed by atoms with Gasteiger partial charge in [0, 0.05) is 24.4 Å². The van der Waals surface area contributed by atoms with E-state index in [1.165, 1.54) is 39.0 Å². The van der Waals surface area contributed by atoms with Crippen LogP contribution in [0.3, 0.4) is 0 Å². The van der Waals surface area contributed by atoms with E-state index in [1.54, 1.807) is 44.3 Å². The SMILES string of the molecule is Cc1ccc(S(=O)(=O)n2cc(-c3cc(C)cc(Oc4ccc(C(F)(F)F)cc4)c3)c3c2cc(C)c(=O)n3C)cc1. The molecule has 0 saturated heterocycles. The molecule has 0 aliphatic heterocycles. The normalized spacial score (nSPS) is 12.2. The molecule has 5 aromatic rings. The average Bonchev–Trinajstić information content (AvgIpc) is 3.27. The topological polar surface area (TPSA) is 70.3 Å². The molecule has 0 aliphatic rings. The Bertz CT molecular complexity index is 1920. The van der Waals surface area contributed by atoms with Crippen molar-refractivity contribution in [3.8, 4) is 22.6 Å². The van der Waals surface area contributed by atoms with Gasteiger partial charge in [-0.2, -0.15) is 13.2 Å². The van der Waals surface area contributed by atoms with Crippen molar-refractivity contribution in [3.63, 3.8) is 0 Å². The number of halogens is 3. The first-order chi connectivity index (χ1) is 18.8. The van der Waals surface area contributed by atoms with Crippen LogP contribution < -0.4 is 10.3 Å². The summed E-state index contributed by atoms with van der Waals surface area (Å²) >= 11 is 0. The van der Waals surface area contributed by atoms with Crippen molar-refractivity contribution in [2.75, 3.05) is 0 Å². The van der Waals surface area contributed by atoms with Crippen molar-refractivity contribution in [1.82, 2.24) is 8.54 Å². The van der Waals surface area contributed by atoms with Gasteiger partial charge in [-0.15, -0.1) is 0 Å². The van der Waals surface area contributed by atoms with Crippen molar-refractivity contribution in [2.24, 2.45) is 7.05 Å². The maximum Gasteiger partial charge on any atom is 0.416 e. The van der Waals surface area contributed by atoms with Crippen LogP contribution in [0, 0.1) is 20.8 Å². The zero-order chi connectivity index (χ0) is 29.0. The average molecular weight is 567 g/mol. The van der Waals surface area contributed by atoms with E-state index >= 15 is 0 Å². The quantitative estimate of drug-likeness (QED) is 0.230. The van der Waals surface area contributed by atoms with E-state index < -0.39 is 21.8 Å². The van der Waals surface area contributed by atoms with Gasteiger partial charge in [-0.3, -0.25) is 4.79 Å². The van der Waals surface area contributed by atoms with Crippen LogP contribution in [0.25, 0.3) is 22.2 Å². The Labute approximate surface area is 228 Å². The second-order valence-corrected chi connectivity index (χ2v) is 11.6. The molecule has 0 bridgehead atoms. The first-order valence-corrected chi connectivity index (χ1v) is 13.7. The Balaban J connectivity index is 1.67. The molecule has 0 fully saturated rings. The fraction of sp³-hybridized carbons (Fsp3) is 0.167. The van der Waals surface area contributed by atoms with E-state index in [2.05, 4.69) is 0 Å². The molecule has 0 amide bonds. The first kappa shape index (κ1) is 27.3. The Morgan fingerprint density at radius 3 is 2.08 bits per heavy atom. The van der Waals surface area contributed by atoms with E-state index in [-0.39, 0.29) is 16.2 Å². The lowest BCUT2D eigenvalue weighted by atomic mass is 10.0. The highest BCUT2D eigenvalue weighted by Crippen LogP contribution is 2.37. The van der Waals surface area contributed by atoms with Crippen LogP contribution in [-0.2, 0) is 23.2 Å². The van der Waals surface area contributed by atoms with Crippen molar-refractivity contribution >= 4 is 21.1 Å². The molecular formula is C30H25F3N2O4S. The summed E-state index contributed by atoms with van der Waals surface area (Å²) in [5.41, 5.74) is 2.80. The summed E-state index contributed by atoms with van der Waals surface area (Å²) in [6.07, 6.45) is -2.98. The molecule has 0 saturated carbocycles. The lowest BCUT2D eigenvalue weighted by Gasteiger charge is -2.12. The molecule has 0 N–H and O–H groups in total. The summed E-state index contributed by atoms with van der Waals surface area (Å²) in [5, 5.41) is 0. The molecule has 0 unspecified atom stereocenters. The van der Waals surface area contributed by atoms with Crippen LogP contribution in [0.15, 0.2) is 88.7 Å². The van der Waals surface area contributed by atoms with Crippen LogP contribution >= 0.6 is 0 Å². The predicted octanol–water partition coefficient (Wildman–Crippen LogP) is 6.98. The summed E-state index contributed by atoms with van der Waals surface area (Å²) in [6.45, 7) is 5.30. The summed E-state index contributed by atoms with van der Waals surface area (Å²) in [7, 11) is -2.44. The molecule has 0 aliphatic carbocycles. The Morgan fingerprint density at radius 1 is 0.800 bits per heavy atom.